The Morgan fingerprint density at radius 2 is 2.00 bits per heavy atom. The Balaban J connectivity index is 2.69. The summed E-state index contributed by atoms with van der Waals surface area (Å²) in [6, 6.07) is 0. The summed E-state index contributed by atoms with van der Waals surface area (Å²) >= 11 is 0. The Kier molecular flexibility index (Phi) is 5.14. The standard InChI is InChI=1S/C13H25N3O2/c1-5-16(9-11(17)15(3)4)12(18)13(2)7-6-8-14-10-13/h14H,5-10H2,1-4H3. The first kappa shape index (κ1) is 15.0. The lowest BCUT2D eigenvalue weighted by Gasteiger charge is -2.37. The summed E-state index contributed by atoms with van der Waals surface area (Å²) in [6.07, 6.45) is 1.91. The van der Waals surface area contributed by atoms with Crippen molar-refractivity contribution in [1.82, 2.24) is 15.1 Å². The normalized spacial score (nSPS) is 23.6. The highest BCUT2D eigenvalue weighted by Crippen LogP contribution is 2.27. The van der Waals surface area contributed by atoms with Gasteiger partial charge in [-0.15, -0.1) is 0 Å². The lowest BCUT2D eigenvalue weighted by atomic mass is 9.81. The lowest BCUT2D eigenvalue weighted by Crippen LogP contribution is -2.52. The summed E-state index contributed by atoms with van der Waals surface area (Å²) in [6.45, 7) is 6.35. The number of nitrogens with one attached hydrogen (secondary N) is 1. The summed E-state index contributed by atoms with van der Waals surface area (Å²) in [5.41, 5.74) is -0.360. The first-order valence-corrected chi connectivity index (χ1v) is 6.61. The SMILES string of the molecule is CCN(CC(=O)N(C)C)C(=O)C1(C)CCCNC1. The molecule has 1 heterocycles. The molecule has 2 amide bonds. The van der Waals surface area contributed by atoms with Crippen molar-refractivity contribution in [1.29, 1.82) is 0 Å². The van der Waals surface area contributed by atoms with Crippen LogP contribution < -0.4 is 5.32 Å². The second-order valence-electron chi connectivity index (χ2n) is 5.45. The quantitative estimate of drug-likeness (QED) is 0.787. The summed E-state index contributed by atoms with van der Waals surface area (Å²) in [5.74, 6) is 0.0602. The van der Waals surface area contributed by atoms with Gasteiger partial charge >= 0.3 is 0 Å². The van der Waals surface area contributed by atoms with Gasteiger partial charge in [-0.05, 0) is 33.2 Å². The van der Waals surface area contributed by atoms with Crippen LogP contribution in [-0.4, -0.2) is 61.9 Å². The molecule has 1 aliphatic heterocycles. The minimum atomic E-state index is -0.360. The van der Waals surface area contributed by atoms with Crippen molar-refractivity contribution in [2.75, 3.05) is 40.3 Å². The van der Waals surface area contributed by atoms with E-state index in [4.69, 9.17) is 0 Å². The molecule has 0 radical (unpaired) electrons. The van der Waals surface area contributed by atoms with E-state index in [9.17, 15) is 9.59 Å². The average Bonchev–Trinajstić information content (AvgIpc) is 2.35. The molecule has 5 nitrogen and oxygen atoms in total. The maximum absolute atomic E-state index is 12.5. The smallest absolute Gasteiger partial charge is 0.241 e. The van der Waals surface area contributed by atoms with Gasteiger partial charge in [0.1, 0.15) is 0 Å². The second-order valence-corrected chi connectivity index (χ2v) is 5.45. The van der Waals surface area contributed by atoms with Gasteiger partial charge in [0.25, 0.3) is 0 Å². The Labute approximate surface area is 110 Å². The molecule has 1 aliphatic rings. The first-order chi connectivity index (χ1) is 8.40. The maximum atomic E-state index is 12.5. The molecule has 0 saturated carbocycles. The highest BCUT2D eigenvalue weighted by atomic mass is 16.2. The van der Waals surface area contributed by atoms with Gasteiger partial charge in [-0.3, -0.25) is 9.59 Å². The van der Waals surface area contributed by atoms with E-state index in [2.05, 4.69) is 5.32 Å². The fourth-order valence-corrected chi connectivity index (χ4v) is 2.25. The van der Waals surface area contributed by atoms with E-state index in [1.54, 1.807) is 19.0 Å². The van der Waals surface area contributed by atoms with E-state index in [-0.39, 0.29) is 23.8 Å². The number of likely N-dealkylation sites (N-methyl/N-ethyl adjacent to an activating group) is 2. The molecule has 0 spiro atoms. The van der Waals surface area contributed by atoms with E-state index < -0.39 is 0 Å². The Morgan fingerprint density at radius 1 is 1.33 bits per heavy atom. The molecule has 1 unspecified atom stereocenters. The molecule has 0 aromatic rings. The van der Waals surface area contributed by atoms with Crippen molar-refractivity contribution in [3.05, 3.63) is 0 Å². The van der Waals surface area contributed by atoms with Crippen molar-refractivity contribution in [2.24, 2.45) is 5.41 Å². The molecular weight excluding hydrogens is 230 g/mol. The molecule has 1 saturated heterocycles. The zero-order chi connectivity index (χ0) is 13.8. The van der Waals surface area contributed by atoms with Gasteiger partial charge in [0.2, 0.25) is 11.8 Å². The Morgan fingerprint density at radius 3 is 2.44 bits per heavy atom. The third kappa shape index (κ3) is 3.45. The highest BCUT2D eigenvalue weighted by Gasteiger charge is 2.37. The minimum Gasteiger partial charge on any atom is -0.347 e. The first-order valence-electron chi connectivity index (χ1n) is 6.61. The summed E-state index contributed by atoms with van der Waals surface area (Å²) in [7, 11) is 3.43. The molecule has 0 aliphatic carbocycles. The molecule has 1 atom stereocenters. The maximum Gasteiger partial charge on any atom is 0.241 e. The van der Waals surface area contributed by atoms with Crippen LogP contribution in [0.4, 0.5) is 0 Å². The van der Waals surface area contributed by atoms with Crippen LogP contribution in [0.3, 0.4) is 0 Å². The average molecular weight is 255 g/mol. The number of hydrogen-bond donors (Lipinski definition) is 1. The summed E-state index contributed by atoms with van der Waals surface area (Å²) < 4.78 is 0. The van der Waals surface area contributed by atoms with Crippen molar-refractivity contribution in [3.63, 3.8) is 0 Å². The van der Waals surface area contributed by atoms with E-state index in [0.717, 1.165) is 19.4 Å². The van der Waals surface area contributed by atoms with Crippen molar-refractivity contribution >= 4 is 11.8 Å². The third-order valence-corrected chi connectivity index (χ3v) is 3.61. The van der Waals surface area contributed by atoms with E-state index in [1.807, 2.05) is 13.8 Å². The van der Waals surface area contributed by atoms with Gasteiger partial charge in [-0.1, -0.05) is 0 Å². The molecule has 0 bridgehead atoms. The van der Waals surface area contributed by atoms with Crippen LogP contribution in [0.15, 0.2) is 0 Å². The molecule has 1 N–H and O–H groups in total. The van der Waals surface area contributed by atoms with Crippen molar-refractivity contribution < 1.29 is 9.59 Å². The molecule has 1 rings (SSSR count). The van der Waals surface area contributed by atoms with Crippen molar-refractivity contribution in [2.45, 2.75) is 26.7 Å². The van der Waals surface area contributed by atoms with Crippen LogP contribution in [-0.2, 0) is 9.59 Å². The number of rotatable bonds is 4. The van der Waals surface area contributed by atoms with E-state index in [0.29, 0.717) is 13.1 Å². The van der Waals surface area contributed by atoms with Crippen molar-refractivity contribution in [3.8, 4) is 0 Å². The van der Waals surface area contributed by atoms with E-state index >= 15 is 0 Å². The zero-order valence-corrected chi connectivity index (χ0v) is 12.0. The number of piperidine rings is 1. The Bertz CT molecular complexity index is 309. The van der Waals surface area contributed by atoms with Crippen LogP contribution in [0.5, 0.6) is 0 Å². The summed E-state index contributed by atoms with van der Waals surface area (Å²) in [4.78, 5) is 27.4. The van der Waals surface area contributed by atoms with Crippen LogP contribution in [0.25, 0.3) is 0 Å². The van der Waals surface area contributed by atoms with Gasteiger partial charge in [-0.2, -0.15) is 0 Å². The van der Waals surface area contributed by atoms with Crippen LogP contribution >= 0.6 is 0 Å². The molecule has 18 heavy (non-hydrogen) atoms. The van der Waals surface area contributed by atoms with E-state index in [1.165, 1.54) is 4.90 Å². The molecule has 104 valence electrons. The van der Waals surface area contributed by atoms with Crippen LogP contribution in [0.2, 0.25) is 0 Å². The topological polar surface area (TPSA) is 52.7 Å². The fraction of sp³-hybridized carbons (Fsp3) is 0.846. The largest absolute Gasteiger partial charge is 0.347 e. The Hall–Kier alpha value is -1.10. The fourth-order valence-electron chi connectivity index (χ4n) is 2.25. The number of hydrogen-bond acceptors (Lipinski definition) is 3. The van der Waals surface area contributed by atoms with Gasteiger partial charge in [0.05, 0.1) is 12.0 Å². The number of nitrogens with zero attached hydrogens (tertiary/aromatic N) is 2. The van der Waals surface area contributed by atoms with Crippen LogP contribution in [0.1, 0.15) is 26.7 Å². The number of amides is 2. The molecule has 5 heteroatoms. The van der Waals surface area contributed by atoms with Crippen LogP contribution in [0, 0.1) is 5.41 Å². The monoisotopic (exact) mass is 255 g/mol. The van der Waals surface area contributed by atoms with Gasteiger partial charge in [0.15, 0.2) is 0 Å². The predicted molar refractivity (Wildman–Crippen MR) is 71.2 cm³/mol. The van der Waals surface area contributed by atoms with Gasteiger partial charge in [-0.25, -0.2) is 0 Å². The zero-order valence-electron chi connectivity index (χ0n) is 12.0. The van der Waals surface area contributed by atoms with Gasteiger partial charge < -0.3 is 15.1 Å². The number of carbonyl (C=O) groups excluding carboxylic acids is 2. The molecule has 1 fully saturated rings. The lowest BCUT2D eigenvalue weighted by molar-refractivity contribution is -0.146. The molecule has 0 aromatic carbocycles. The highest BCUT2D eigenvalue weighted by molar-refractivity contribution is 5.87. The minimum absolute atomic E-state index is 0.0300. The molecule has 0 aromatic heterocycles. The third-order valence-electron chi connectivity index (χ3n) is 3.61. The summed E-state index contributed by atoms with van der Waals surface area (Å²) in [5, 5.41) is 3.27. The van der Waals surface area contributed by atoms with Gasteiger partial charge in [0, 0.05) is 27.2 Å². The second kappa shape index (κ2) is 6.18. The molecular formula is C13H25N3O2. The number of carbonyl (C=O) groups is 2. The predicted octanol–water partition coefficient (Wildman–Crippen LogP) is 0.313.